The average Bonchev–Trinajstić information content (AvgIpc) is 3.09. The van der Waals surface area contributed by atoms with Gasteiger partial charge in [0, 0.05) is 18.5 Å². The minimum atomic E-state index is 0.442. The first-order chi connectivity index (χ1) is 10.4. The third-order valence-electron chi connectivity index (χ3n) is 4.10. The van der Waals surface area contributed by atoms with Crippen LogP contribution < -0.4 is 4.90 Å². The summed E-state index contributed by atoms with van der Waals surface area (Å²) in [5.74, 6) is 1.04. The Morgan fingerprint density at radius 1 is 1.00 bits per heavy atom. The summed E-state index contributed by atoms with van der Waals surface area (Å²) in [6.45, 7) is 1.96. The molecule has 0 unspecified atom stereocenters. The van der Waals surface area contributed by atoms with Gasteiger partial charge in [0.15, 0.2) is 0 Å². The van der Waals surface area contributed by atoms with Crippen LogP contribution in [0.3, 0.4) is 0 Å². The molecule has 21 heavy (non-hydrogen) atoms. The van der Waals surface area contributed by atoms with E-state index in [0.29, 0.717) is 6.04 Å². The molecule has 0 bridgehead atoms. The van der Waals surface area contributed by atoms with Crippen LogP contribution in [-0.2, 0) is 0 Å². The second-order valence-electron chi connectivity index (χ2n) is 5.31. The van der Waals surface area contributed by atoms with Crippen molar-refractivity contribution < 1.29 is 0 Å². The van der Waals surface area contributed by atoms with Crippen LogP contribution in [0.25, 0.3) is 10.9 Å². The first kappa shape index (κ1) is 12.3. The van der Waals surface area contributed by atoms with Gasteiger partial charge in [-0.05, 0) is 25.0 Å². The van der Waals surface area contributed by atoms with E-state index in [1.54, 1.807) is 19.0 Å². The van der Waals surface area contributed by atoms with Gasteiger partial charge < -0.3 is 4.90 Å². The fraction of sp³-hybridized carbons (Fsp3) is 0.333. The van der Waals surface area contributed by atoms with E-state index in [2.05, 4.69) is 31.0 Å². The van der Waals surface area contributed by atoms with Gasteiger partial charge in [0.1, 0.15) is 24.8 Å². The first-order valence-electron chi connectivity index (χ1n) is 7.20. The molecular formula is C15H16N6. The molecule has 1 aromatic carbocycles. The number of nitrogens with zero attached hydrogens (tertiary/aromatic N) is 6. The predicted octanol–water partition coefficient (Wildman–Crippen LogP) is 2.06. The summed E-state index contributed by atoms with van der Waals surface area (Å²) in [5, 5.41) is 5.37. The first-order valence-corrected chi connectivity index (χ1v) is 7.20. The molecule has 0 saturated carbocycles. The van der Waals surface area contributed by atoms with Gasteiger partial charge in [-0.3, -0.25) is 0 Å². The second-order valence-corrected chi connectivity index (χ2v) is 5.31. The summed E-state index contributed by atoms with van der Waals surface area (Å²) >= 11 is 0. The number of rotatable bonds is 2. The number of benzene rings is 1. The standard InChI is InChI=1S/C15H16N6/c1-2-4-14-13(3-1)15(18-10-17-14)20-7-5-12(6-8-20)21-11-16-9-19-21/h1-4,9-12H,5-8H2. The lowest BCUT2D eigenvalue weighted by Crippen LogP contribution is -2.35. The van der Waals surface area contributed by atoms with Crippen molar-refractivity contribution >= 4 is 16.7 Å². The van der Waals surface area contributed by atoms with Crippen LogP contribution in [0.4, 0.5) is 5.82 Å². The van der Waals surface area contributed by atoms with Crippen molar-refractivity contribution in [2.75, 3.05) is 18.0 Å². The number of fused-ring (bicyclic) bond motifs is 1. The Morgan fingerprint density at radius 2 is 1.86 bits per heavy atom. The molecule has 0 radical (unpaired) electrons. The van der Waals surface area contributed by atoms with Crippen LogP contribution in [0.1, 0.15) is 18.9 Å². The van der Waals surface area contributed by atoms with Crippen molar-refractivity contribution in [1.82, 2.24) is 24.7 Å². The van der Waals surface area contributed by atoms with Crippen molar-refractivity contribution in [3.63, 3.8) is 0 Å². The maximum Gasteiger partial charge on any atom is 0.139 e. The van der Waals surface area contributed by atoms with E-state index in [0.717, 1.165) is 42.7 Å². The van der Waals surface area contributed by atoms with Crippen LogP contribution in [0, 0.1) is 0 Å². The van der Waals surface area contributed by atoms with Gasteiger partial charge in [-0.25, -0.2) is 19.6 Å². The van der Waals surface area contributed by atoms with Crippen molar-refractivity contribution in [1.29, 1.82) is 0 Å². The van der Waals surface area contributed by atoms with Crippen molar-refractivity contribution in [3.05, 3.63) is 43.2 Å². The lowest BCUT2D eigenvalue weighted by molar-refractivity contribution is 0.365. The molecule has 1 saturated heterocycles. The van der Waals surface area contributed by atoms with Crippen molar-refractivity contribution in [2.24, 2.45) is 0 Å². The summed E-state index contributed by atoms with van der Waals surface area (Å²) < 4.78 is 1.97. The number of piperidine rings is 1. The highest BCUT2D eigenvalue weighted by Gasteiger charge is 2.22. The molecule has 0 N–H and O–H groups in total. The van der Waals surface area contributed by atoms with E-state index in [-0.39, 0.29) is 0 Å². The minimum absolute atomic E-state index is 0.442. The lowest BCUT2D eigenvalue weighted by Gasteiger charge is -2.33. The number of hydrogen-bond acceptors (Lipinski definition) is 5. The van der Waals surface area contributed by atoms with Gasteiger partial charge in [-0.15, -0.1) is 0 Å². The molecule has 2 aromatic heterocycles. The highest BCUT2D eigenvalue weighted by Crippen LogP contribution is 2.28. The van der Waals surface area contributed by atoms with Crippen molar-refractivity contribution in [3.8, 4) is 0 Å². The maximum atomic E-state index is 4.50. The normalized spacial score (nSPS) is 16.5. The fourth-order valence-electron chi connectivity index (χ4n) is 2.99. The maximum absolute atomic E-state index is 4.50. The van der Waals surface area contributed by atoms with Crippen molar-refractivity contribution in [2.45, 2.75) is 18.9 Å². The van der Waals surface area contributed by atoms with E-state index >= 15 is 0 Å². The monoisotopic (exact) mass is 280 g/mol. The van der Waals surface area contributed by atoms with Gasteiger partial charge in [0.25, 0.3) is 0 Å². The zero-order valence-electron chi connectivity index (χ0n) is 11.6. The van der Waals surface area contributed by atoms with E-state index < -0.39 is 0 Å². The molecule has 3 aromatic rings. The van der Waals surface area contributed by atoms with Crippen LogP contribution in [0.5, 0.6) is 0 Å². The molecule has 0 spiro atoms. The van der Waals surface area contributed by atoms with Gasteiger partial charge in [0.05, 0.1) is 11.6 Å². The lowest BCUT2D eigenvalue weighted by atomic mass is 10.0. The van der Waals surface area contributed by atoms with Gasteiger partial charge in [-0.2, -0.15) is 5.10 Å². The molecule has 4 rings (SSSR count). The Kier molecular flexibility index (Phi) is 2.99. The molecule has 1 aliphatic heterocycles. The van der Waals surface area contributed by atoms with E-state index in [4.69, 9.17) is 0 Å². The predicted molar refractivity (Wildman–Crippen MR) is 80.0 cm³/mol. The van der Waals surface area contributed by atoms with Crippen LogP contribution in [0.2, 0.25) is 0 Å². The highest BCUT2D eigenvalue weighted by molar-refractivity contribution is 5.89. The number of aromatic nitrogens is 5. The molecule has 0 atom stereocenters. The fourth-order valence-corrected chi connectivity index (χ4v) is 2.99. The van der Waals surface area contributed by atoms with Gasteiger partial charge in [-0.1, -0.05) is 12.1 Å². The Morgan fingerprint density at radius 3 is 2.67 bits per heavy atom. The number of anilines is 1. The summed E-state index contributed by atoms with van der Waals surface area (Å²) in [6, 6.07) is 8.61. The average molecular weight is 280 g/mol. The molecule has 0 aliphatic carbocycles. The zero-order chi connectivity index (χ0) is 14.1. The smallest absolute Gasteiger partial charge is 0.139 e. The van der Waals surface area contributed by atoms with E-state index in [1.807, 2.05) is 22.9 Å². The molecule has 1 aliphatic rings. The van der Waals surface area contributed by atoms with E-state index in [1.165, 1.54) is 0 Å². The molecule has 6 nitrogen and oxygen atoms in total. The zero-order valence-corrected chi connectivity index (χ0v) is 11.6. The second kappa shape index (κ2) is 5.12. The molecule has 106 valence electrons. The summed E-state index contributed by atoms with van der Waals surface area (Å²) in [4.78, 5) is 15.2. The Labute approximate surface area is 122 Å². The molecule has 3 heterocycles. The largest absolute Gasteiger partial charge is 0.356 e. The summed E-state index contributed by atoms with van der Waals surface area (Å²) in [7, 11) is 0. The topological polar surface area (TPSA) is 59.7 Å². The third kappa shape index (κ3) is 2.22. The number of hydrogen-bond donors (Lipinski definition) is 0. The molecular weight excluding hydrogens is 264 g/mol. The SMILES string of the molecule is c1ccc2c(N3CCC(n4cncn4)CC3)ncnc2c1. The van der Waals surface area contributed by atoms with E-state index in [9.17, 15) is 0 Å². The molecule has 1 fully saturated rings. The molecule has 6 heteroatoms. The van der Waals surface area contributed by atoms with Gasteiger partial charge >= 0.3 is 0 Å². The number of para-hydroxylation sites is 1. The quantitative estimate of drug-likeness (QED) is 0.719. The van der Waals surface area contributed by atoms with Gasteiger partial charge in [0.2, 0.25) is 0 Å². The Hall–Kier alpha value is -2.50. The summed E-state index contributed by atoms with van der Waals surface area (Å²) in [6.07, 6.45) is 7.18. The molecule has 0 amide bonds. The minimum Gasteiger partial charge on any atom is -0.356 e. The third-order valence-corrected chi connectivity index (χ3v) is 4.10. The Bertz CT molecular complexity index is 726. The Balaban J connectivity index is 1.58. The highest BCUT2D eigenvalue weighted by atomic mass is 15.3. The van der Waals surface area contributed by atoms with Crippen LogP contribution >= 0.6 is 0 Å². The van der Waals surface area contributed by atoms with Crippen LogP contribution in [-0.4, -0.2) is 37.8 Å². The van der Waals surface area contributed by atoms with Crippen LogP contribution in [0.15, 0.2) is 43.2 Å². The summed E-state index contributed by atoms with van der Waals surface area (Å²) in [5.41, 5.74) is 1.00.